The zero-order chi connectivity index (χ0) is 9.84. The minimum Gasteiger partial charge on any atom is -0.395 e. The zero-order valence-corrected chi connectivity index (χ0v) is 10.4. The maximum atomic E-state index is 13.1. The molecule has 0 bridgehead atoms. The van der Waals surface area contributed by atoms with E-state index in [1.807, 2.05) is 0 Å². The van der Waals surface area contributed by atoms with Crippen LogP contribution >= 0.6 is 35.0 Å². The fourth-order valence-corrected chi connectivity index (χ4v) is 1.60. The summed E-state index contributed by atoms with van der Waals surface area (Å²) in [5.41, 5.74) is 6.07. The van der Waals surface area contributed by atoms with Gasteiger partial charge in [0.15, 0.2) is 0 Å². The van der Waals surface area contributed by atoms with Gasteiger partial charge in [0.05, 0.1) is 6.61 Å². The normalized spacial score (nSPS) is 12.0. The van der Waals surface area contributed by atoms with Gasteiger partial charge in [0, 0.05) is 9.61 Å². The van der Waals surface area contributed by atoms with Crippen molar-refractivity contribution >= 4 is 35.0 Å². The predicted molar refractivity (Wildman–Crippen MR) is 65.1 cm³/mol. The minimum atomic E-state index is -0.382. The summed E-state index contributed by atoms with van der Waals surface area (Å²) in [6.07, 6.45) is 0.374. The van der Waals surface area contributed by atoms with E-state index < -0.39 is 0 Å². The van der Waals surface area contributed by atoms with E-state index in [9.17, 15) is 4.39 Å². The summed E-state index contributed by atoms with van der Waals surface area (Å²) in [5, 5.41) is 8.71. The number of rotatable bonds is 3. The van der Waals surface area contributed by atoms with Crippen molar-refractivity contribution in [3.8, 4) is 0 Å². The van der Waals surface area contributed by atoms with Gasteiger partial charge in [-0.25, -0.2) is 4.39 Å². The number of hydrogen-bond acceptors (Lipinski definition) is 2. The van der Waals surface area contributed by atoms with Crippen molar-refractivity contribution in [3.05, 3.63) is 33.1 Å². The smallest absolute Gasteiger partial charge is 0.126 e. The van der Waals surface area contributed by atoms with Gasteiger partial charge in [-0.1, -0.05) is 0 Å². The molecule has 0 aliphatic carbocycles. The molecule has 0 saturated carbocycles. The summed E-state index contributed by atoms with van der Waals surface area (Å²) in [5.74, 6) is -0.260. The molecule has 1 atom stereocenters. The molecule has 1 unspecified atom stereocenters. The Kier molecular flexibility index (Phi) is 6.59. The topological polar surface area (TPSA) is 46.2 Å². The van der Waals surface area contributed by atoms with Gasteiger partial charge in [0.25, 0.3) is 0 Å². The largest absolute Gasteiger partial charge is 0.395 e. The third-order valence-corrected chi connectivity index (χ3v) is 2.40. The van der Waals surface area contributed by atoms with Gasteiger partial charge >= 0.3 is 0 Å². The van der Waals surface area contributed by atoms with Gasteiger partial charge in [0.1, 0.15) is 5.82 Å². The third kappa shape index (κ3) is 4.08. The van der Waals surface area contributed by atoms with E-state index in [4.69, 9.17) is 10.8 Å². The fraction of sp³-hybridized carbons (Fsp3) is 0.333. The van der Waals surface area contributed by atoms with E-state index in [2.05, 4.69) is 22.6 Å². The first-order valence-corrected chi connectivity index (χ1v) is 5.01. The van der Waals surface area contributed by atoms with Gasteiger partial charge in [-0.3, -0.25) is 0 Å². The van der Waals surface area contributed by atoms with Crippen molar-refractivity contribution in [2.45, 2.75) is 12.5 Å². The average molecular weight is 332 g/mol. The second kappa shape index (κ2) is 6.55. The molecule has 1 aromatic rings. The van der Waals surface area contributed by atoms with E-state index in [-0.39, 0.29) is 30.9 Å². The number of nitrogens with two attached hydrogens (primary N) is 1. The van der Waals surface area contributed by atoms with Crippen LogP contribution in [0.2, 0.25) is 0 Å². The van der Waals surface area contributed by atoms with Crippen LogP contribution < -0.4 is 5.73 Å². The van der Waals surface area contributed by atoms with Gasteiger partial charge in [-0.05, 0) is 52.8 Å². The van der Waals surface area contributed by atoms with Gasteiger partial charge in [0.2, 0.25) is 0 Å². The lowest BCUT2D eigenvalue weighted by atomic mass is 10.1. The van der Waals surface area contributed by atoms with Gasteiger partial charge in [-0.2, -0.15) is 0 Å². The molecule has 2 nitrogen and oxygen atoms in total. The fourth-order valence-electron chi connectivity index (χ4n) is 1.05. The van der Waals surface area contributed by atoms with Crippen LogP contribution in [0, 0.1) is 9.39 Å². The standard InChI is InChI=1S/C9H11FINO.ClH/c10-9-2-1-7(11)3-6(9)4-8(12)5-13;/h1-3,8,13H,4-5,12H2;1H. The van der Waals surface area contributed by atoms with Crippen molar-refractivity contribution in [1.82, 2.24) is 0 Å². The highest BCUT2D eigenvalue weighted by molar-refractivity contribution is 14.1. The molecule has 1 aromatic carbocycles. The molecule has 0 spiro atoms. The maximum Gasteiger partial charge on any atom is 0.126 e. The lowest BCUT2D eigenvalue weighted by Gasteiger charge is -2.08. The van der Waals surface area contributed by atoms with E-state index in [0.29, 0.717) is 12.0 Å². The summed E-state index contributed by atoms with van der Waals surface area (Å²) >= 11 is 2.11. The van der Waals surface area contributed by atoms with Crippen molar-refractivity contribution < 1.29 is 9.50 Å². The monoisotopic (exact) mass is 331 g/mol. The van der Waals surface area contributed by atoms with Crippen LogP contribution in [-0.2, 0) is 6.42 Å². The molecule has 5 heteroatoms. The molecule has 80 valence electrons. The molecule has 0 saturated heterocycles. The van der Waals surface area contributed by atoms with Gasteiger partial charge in [-0.15, -0.1) is 12.4 Å². The predicted octanol–water partition coefficient (Wildman–Crippen LogP) is 1.71. The number of halogens is 3. The lowest BCUT2D eigenvalue weighted by Crippen LogP contribution is -2.27. The summed E-state index contributed by atoms with van der Waals surface area (Å²) in [4.78, 5) is 0. The molecule has 0 aliphatic rings. The Morgan fingerprint density at radius 1 is 1.50 bits per heavy atom. The van der Waals surface area contributed by atoms with E-state index in [1.54, 1.807) is 12.1 Å². The first kappa shape index (κ1) is 14.1. The van der Waals surface area contributed by atoms with Crippen LogP contribution in [0.15, 0.2) is 18.2 Å². The molecule has 0 aromatic heterocycles. The highest BCUT2D eigenvalue weighted by Crippen LogP contribution is 2.13. The highest BCUT2D eigenvalue weighted by atomic mass is 127. The van der Waals surface area contributed by atoms with Crippen LogP contribution in [0.4, 0.5) is 4.39 Å². The zero-order valence-electron chi connectivity index (χ0n) is 7.41. The number of benzene rings is 1. The van der Waals surface area contributed by atoms with Crippen LogP contribution in [0.25, 0.3) is 0 Å². The van der Waals surface area contributed by atoms with E-state index >= 15 is 0 Å². The lowest BCUT2D eigenvalue weighted by molar-refractivity contribution is 0.264. The number of hydrogen-bond donors (Lipinski definition) is 2. The first-order valence-electron chi connectivity index (χ1n) is 3.94. The van der Waals surface area contributed by atoms with Crippen molar-refractivity contribution in [2.75, 3.05) is 6.61 Å². The number of aliphatic hydroxyl groups is 1. The second-order valence-electron chi connectivity index (χ2n) is 2.88. The van der Waals surface area contributed by atoms with Crippen molar-refractivity contribution in [2.24, 2.45) is 5.73 Å². The Labute approximate surface area is 102 Å². The van der Waals surface area contributed by atoms with E-state index in [0.717, 1.165) is 3.57 Å². The Morgan fingerprint density at radius 2 is 2.14 bits per heavy atom. The molecule has 0 fully saturated rings. The van der Waals surface area contributed by atoms with Crippen LogP contribution in [0.5, 0.6) is 0 Å². The van der Waals surface area contributed by atoms with Crippen molar-refractivity contribution in [1.29, 1.82) is 0 Å². The summed E-state index contributed by atoms with van der Waals surface area (Å²) in [6, 6.07) is 4.48. The average Bonchev–Trinajstić information content (AvgIpc) is 2.11. The molecule has 1 rings (SSSR count). The second-order valence-corrected chi connectivity index (χ2v) is 4.13. The Hall–Kier alpha value is 0.0900. The molecule has 0 aliphatic heterocycles. The first-order chi connectivity index (χ1) is 6.13. The van der Waals surface area contributed by atoms with Crippen LogP contribution in [0.3, 0.4) is 0 Å². The molecule has 14 heavy (non-hydrogen) atoms. The Bertz CT molecular complexity index is 298. The maximum absolute atomic E-state index is 13.1. The van der Waals surface area contributed by atoms with E-state index in [1.165, 1.54) is 6.07 Å². The highest BCUT2D eigenvalue weighted by Gasteiger charge is 2.07. The molecule has 3 N–H and O–H groups in total. The summed E-state index contributed by atoms with van der Waals surface area (Å²) in [7, 11) is 0. The summed E-state index contributed by atoms with van der Waals surface area (Å²) in [6.45, 7) is -0.120. The molecule has 0 amide bonds. The summed E-state index contributed by atoms with van der Waals surface area (Å²) < 4.78 is 14.1. The van der Waals surface area contributed by atoms with Crippen molar-refractivity contribution in [3.63, 3.8) is 0 Å². The van der Waals surface area contributed by atoms with Crippen LogP contribution in [0.1, 0.15) is 5.56 Å². The molecular weight excluding hydrogens is 319 g/mol. The Morgan fingerprint density at radius 3 is 2.71 bits per heavy atom. The minimum absolute atomic E-state index is 0. The Balaban J connectivity index is 0.00000169. The van der Waals surface area contributed by atoms with Gasteiger partial charge < -0.3 is 10.8 Å². The molecule has 0 radical (unpaired) electrons. The molecular formula is C9H12ClFINO. The quantitative estimate of drug-likeness (QED) is 0.829. The third-order valence-electron chi connectivity index (χ3n) is 1.72. The SMILES string of the molecule is Cl.NC(CO)Cc1cc(I)ccc1F. The van der Waals surface area contributed by atoms with Crippen LogP contribution in [-0.4, -0.2) is 17.8 Å². The number of aliphatic hydroxyl groups excluding tert-OH is 1. The molecule has 0 heterocycles.